The highest BCUT2D eigenvalue weighted by molar-refractivity contribution is 5.66. The summed E-state index contributed by atoms with van der Waals surface area (Å²) in [6, 6.07) is 4.24. The minimum atomic E-state index is -0.721. The molecule has 0 amide bonds. The maximum absolute atomic E-state index is 10.4. The standard InChI is InChI=1S/C15H23NO3/c1-11-8-13(9-12(2)15(11)19-3)10-16-7-5-4-6-14(17)18/h8-9,16H,4-7,10H2,1-3H3,(H,17,18). The molecule has 0 saturated carbocycles. The molecular formula is C15H23NO3. The molecule has 2 N–H and O–H groups in total. The Morgan fingerprint density at radius 3 is 2.42 bits per heavy atom. The molecule has 0 fully saturated rings. The molecule has 1 rings (SSSR count). The molecule has 0 atom stereocenters. The van der Waals surface area contributed by atoms with Gasteiger partial charge in [0.15, 0.2) is 0 Å². The molecule has 0 aliphatic rings. The second-order valence-electron chi connectivity index (χ2n) is 4.79. The van der Waals surface area contributed by atoms with Crippen molar-refractivity contribution in [3.63, 3.8) is 0 Å². The summed E-state index contributed by atoms with van der Waals surface area (Å²) in [4.78, 5) is 10.4. The summed E-state index contributed by atoms with van der Waals surface area (Å²) in [5, 5.41) is 11.9. The fraction of sp³-hybridized carbons (Fsp3) is 0.533. The summed E-state index contributed by atoms with van der Waals surface area (Å²) in [5.41, 5.74) is 3.52. The van der Waals surface area contributed by atoms with Crippen molar-refractivity contribution >= 4 is 5.97 Å². The number of carboxylic acid groups (broad SMARTS) is 1. The number of hydrogen-bond acceptors (Lipinski definition) is 3. The first-order valence-electron chi connectivity index (χ1n) is 6.61. The largest absolute Gasteiger partial charge is 0.496 e. The highest BCUT2D eigenvalue weighted by atomic mass is 16.5. The van der Waals surface area contributed by atoms with Gasteiger partial charge in [0, 0.05) is 13.0 Å². The van der Waals surface area contributed by atoms with E-state index in [1.54, 1.807) is 7.11 Å². The molecule has 19 heavy (non-hydrogen) atoms. The average Bonchev–Trinajstić information content (AvgIpc) is 2.33. The van der Waals surface area contributed by atoms with E-state index in [4.69, 9.17) is 9.84 Å². The third-order valence-electron chi connectivity index (χ3n) is 3.05. The van der Waals surface area contributed by atoms with Crippen LogP contribution in [0.4, 0.5) is 0 Å². The van der Waals surface area contributed by atoms with Gasteiger partial charge in [-0.25, -0.2) is 0 Å². The highest BCUT2D eigenvalue weighted by Crippen LogP contribution is 2.24. The lowest BCUT2D eigenvalue weighted by atomic mass is 10.1. The van der Waals surface area contributed by atoms with E-state index < -0.39 is 5.97 Å². The van der Waals surface area contributed by atoms with Crippen LogP contribution in [-0.2, 0) is 11.3 Å². The van der Waals surface area contributed by atoms with Gasteiger partial charge < -0.3 is 15.2 Å². The number of carbonyl (C=O) groups is 1. The topological polar surface area (TPSA) is 58.6 Å². The molecule has 0 spiro atoms. The van der Waals surface area contributed by atoms with Gasteiger partial charge in [0.1, 0.15) is 5.75 Å². The lowest BCUT2D eigenvalue weighted by Crippen LogP contribution is -2.15. The SMILES string of the molecule is COc1c(C)cc(CNCCCCC(=O)O)cc1C. The summed E-state index contributed by atoms with van der Waals surface area (Å²) in [5.74, 6) is 0.228. The van der Waals surface area contributed by atoms with E-state index in [9.17, 15) is 4.79 Å². The molecular weight excluding hydrogens is 242 g/mol. The first-order chi connectivity index (χ1) is 9.04. The van der Waals surface area contributed by atoms with E-state index in [1.807, 2.05) is 13.8 Å². The van der Waals surface area contributed by atoms with Crippen LogP contribution in [0.15, 0.2) is 12.1 Å². The molecule has 0 heterocycles. The molecule has 0 aliphatic carbocycles. The Labute approximate surface area is 114 Å². The van der Waals surface area contributed by atoms with Gasteiger partial charge in [0.2, 0.25) is 0 Å². The van der Waals surface area contributed by atoms with Gasteiger partial charge in [-0.2, -0.15) is 0 Å². The minimum Gasteiger partial charge on any atom is -0.496 e. The second kappa shape index (κ2) is 7.79. The number of nitrogens with one attached hydrogen (secondary N) is 1. The fourth-order valence-electron chi connectivity index (χ4n) is 2.22. The van der Waals surface area contributed by atoms with Crippen LogP contribution in [0.1, 0.15) is 36.0 Å². The maximum Gasteiger partial charge on any atom is 0.303 e. The maximum atomic E-state index is 10.4. The van der Waals surface area contributed by atoms with E-state index in [0.717, 1.165) is 42.8 Å². The van der Waals surface area contributed by atoms with Crippen LogP contribution in [0.5, 0.6) is 5.75 Å². The molecule has 0 bridgehead atoms. The number of rotatable bonds is 8. The third kappa shape index (κ3) is 5.30. The van der Waals surface area contributed by atoms with Crippen molar-refractivity contribution < 1.29 is 14.6 Å². The zero-order valence-electron chi connectivity index (χ0n) is 12.0. The third-order valence-corrected chi connectivity index (χ3v) is 3.05. The van der Waals surface area contributed by atoms with E-state index in [0.29, 0.717) is 0 Å². The normalized spacial score (nSPS) is 10.5. The Bertz CT molecular complexity index is 406. The van der Waals surface area contributed by atoms with Crippen LogP contribution in [0.2, 0.25) is 0 Å². The first-order valence-corrected chi connectivity index (χ1v) is 6.61. The molecule has 0 saturated heterocycles. The van der Waals surface area contributed by atoms with Crippen molar-refractivity contribution in [3.8, 4) is 5.75 Å². The predicted octanol–water partition coefficient (Wildman–Crippen LogP) is 2.66. The number of unbranched alkanes of at least 4 members (excludes halogenated alkanes) is 1. The molecule has 106 valence electrons. The Balaban J connectivity index is 2.36. The molecule has 1 aromatic carbocycles. The van der Waals surface area contributed by atoms with Gasteiger partial charge in [0.25, 0.3) is 0 Å². The van der Waals surface area contributed by atoms with Gasteiger partial charge in [0.05, 0.1) is 7.11 Å². The van der Waals surface area contributed by atoms with Crippen molar-refractivity contribution in [2.75, 3.05) is 13.7 Å². The zero-order valence-corrected chi connectivity index (χ0v) is 12.0. The van der Waals surface area contributed by atoms with Gasteiger partial charge in [-0.05, 0) is 49.9 Å². The molecule has 4 heteroatoms. The Morgan fingerprint density at radius 1 is 1.26 bits per heavy atom. The molecule has 0 radical (unpaired) electrons. The van der Waals surface area contributed by atoms with E-state index in [1.165, 1.54) is 5.56 Å². The van der Waals surface area contributed by atoms with Crippen LogP contribution in [0.25, 0.3) is 0 Å². The zero-order chi connectivity index (χ0) is 14.3. The highest BCUT2D eigenvalue weighted by Gasteiger charge is 2.04. The van der Waals surface area contributed by atoms with E-state index in [2.05, 4.69) is 17.4 Å². The Hall–Kier alpha value is -1.55. The predicted molar refractivity (Wildman–Crippen MR) is 75.7 cm³/mol. The van der Waals surface area contributed by atoms with E-state index in [-0.39, 0.29) is 6.42 Å². The minimum absolute atomic E-state index is 0.252. The van der Waals surface area contributed by atoms with Gasteiger partial charge in [-0.3, -0.25) is 4.79 Å². The molecule has 0 aromatic heterocycles. The quantitative estimate of drug-likeness (QED) is 0.709. The summed E-state index contributed by atoms with van der Waals surface area (Å²) < 4.78 is 5.33. The van der Waals surface area contributed by atoms with Crippen molar-refractivity contribution in [1.29, 1.82) is 0 Å². The van der Waals surface area contributed by atoms with Crippen molar-refractivity contribution in [1.82, 2.24) is 5.32 Å². The smallest absolute Gasteiger partial charge is 0.303 e. The lowest BCUT2D eigenvalue weighted by Gasteiger charge is -2.12. The molecule has 4 nitrogen and oxygen atoms in total. The number of hydrogen-bond donors (Lipinski definition) is 2. The number of ether oxygens (including phenoxy) is 1. The summed E-state index contributed by atoms with van der Waals surface area (Å²) >= 11 is 0. The van der Waals surface area contributed by atoms with Crippen molar-refractivity contribution in [2.24, 2.45) is 0 Å². The number of aryl methyl sites for hydroxylation is 2. The van der Waals surface area contributed by atoms with Gasteiger partial charge >= 0.3 is 5.97 Å². The number of aliphatic carboxylic acids is 1. The Morgan fingerprint density at radius 2 is 1.89 bits per heavy atom. The Kier molecular flexibility index (Phi) is 6.36. The molecule has 0 unspecified atom stereocenters. The fourth-order valence-corrected chi connectivity index (χ4v) is 2.22. The number of carboxylic acids is 1. The van der Waals surface area contributed by atoms with Gasteiger partial charge in [-0.1, -0.05) is 12.1 Å². The molecule has 0 aliphatic heterocycles. The van der Waals surface area contributed by atoms with Crippen LogP contribution in [0.3, 0.4) is 0 Å². The van der Waals surface area contributed by atoms with Crippen molar-refractivity contribution in [2.45, 2.75) is 39.7 Å². The van der Waals surface area contributed by atoms with E-state index >= 15 is 0 Å². The second-order valence-corrected chi connectivity index (χ2v) is 4.79. The summed E-state index contributed by atoms with van der Waals surface area (Å²) in [6.07, 6.45) is 1.87. The van der Waals surface area contributed by atoms with Gasteiger partial charge in [-0.15, -0.1) is 0 Å². The number of benzene rings is 1. The average molecular weight is 265 g/mol. The van der Waals surface area contributed by atoms with Crippen LogP contribution in [0, 0.1) is 13.8 Å². The monoisotopic (exact) mass is 265 g/mol. The summed E-state index contributed by atoms with van der Waals surface area (Å²) in [7, 11) is 1.69. The van der Waals surface area contributed by atoms with Crippen LogP contribution < -0.4 is 10.1 Å². The first kappa shape index (κ1) is 15.5. The lowest BCUT2D eigenvalue weighted by molar-refractivity contribution is -0.137. The van der Waals surface area contributed by atoms with Crippen molar-refractivity contribution in [3.05, 3.63) is 28.8 Å². The van der Waals surface area contributed by atoms with Crippen LogP contribution >= 0.6 is 0 Å². The number of methoxy groups -OCH3 is 1. The van der Waals surface area contributed by atoms with Crippen LogP contribution in [-0.4, -0.2) is 24.7 Å². The summed E-state index contributed by atoms with van der Waals surface area (Å²) in [6.45, 7) is 5.74. The molecule has 1 aromatic rings.